The van der Waals surface area contributed by atoms with Gasteiger partial charge in [0.2, 0.25) is 0 Å². The SMILES string of the molecule is CC(=O)OC(=O)c1c(C)cccc1C.N[C@@H](CC(=O)O)C(=O)O. The highest BCUT2D eigenvalue weighted by Crippen LogP contribution is 2.14. The molecule has 1 aromatic carbocycles. The average Bonchev–Trinajstić information content (AvgIpc) is 2.37. The van der Waals surface area contributed by atoms with Crippen molar-refractivity contribution in [3.8, 4) is 0 Å². The zero-order chi connectivity index (χ0) is 18.2. The summed E-state index contributed by atoms with van der Waals surface area (Å²) < 4.78 is 4.52. The largest absolute Gasteiger partial charge is 0.481 e. The molecule has 8 nitrogen and oxygen atoms in total. The Balaban J connectivity index is 0.000000468. The quantitative estimate of drug-likeness (QED) is 0.546. The van der Waals surface area contributed by atoms with Gasteiger partial charge >= 0.3 is 23.9 Å². The van der Waals surface area contributed by atoms with E-state index in [-0.39, 0.29) is 0 Å². The standard InChI is InChI=1S/C11H12O3.C4H7NO4/c1-7-5-4-6-8(2)10(7)11(13)14-9(3)12;5-2(4(8)9)1-3(6)7/h4-6H,1-3H3;2H,1,5H2,(H,6,7)(H,8,9)/t;2-/m.0/s1. The molecule has 0 spiro atoms. The molecule has 0 heterocycles. The van der Waals surface area contributed by atoms with Gasteiger partial charge in [0.25, 0.3) is 0 Å². The van der Waals surface area contributed by atoms with Crippen molar-refractivity contribution in [1.82, 2.24) is 0 Å². The van der Waals surface area contributed by atoms with Crippen molar-refractivity contribution in [2.24, 2.45) is 5.73 Å². The second kappa shape index (κ2) is 9.31. The summed E-state index contributed by atoms with van der Waals surface area (Å²) in [5.74, 6) is -3.66. The highest BCUT2D eigenvalue weighted by atomic mass is 16.6. The van der Waals surface area contributed by atoms with Crippen LogP contribution in [0.5, 0.6) is 0 Å². The molecule has 0 amide bonds. The van der Waals surface area contributed by atoms with Gasteiger partial charge in [-0.2, -0.15) is 0 Å². The molecule has 0 fully saturated rings. The number of hydrogen-bond donors (Lipinski definition) is 3. The van der Waals surface area contributed by atoms with Gasteiger partial charge < -0.3 is 20.7 Å². The molecular weight excluding hydrogens is 306 g/mol. The van der Waals surface area contributed by atoms with Gasteiger partial charge in [0.15, 0.2) is 0 Å². The molecule has 126 valence electrons. The summed E-state index contributed by atoms with van der Waals surface area (Å²) in [6.07, 6.45) is -0.532. The number of carboxylic acids is 2. The minimum atomic E-state index is -1.29. The molecule has 0 aromatic heterocycles. The zero-order valence-corrected chi connectivity index (χ0v) is 13.0. The maximum atomic E-state index is 11.5. The van der Waals surface area contributed by atoms with Crippen LogP contribution >= 0.6 is 0 Å². The van der Waals surface area contributed by atoms with Gasteiger partial charge in [0.05, 0.1) is 12.0 Å². The maximum Gasteiger partial charge on any atom is 0.346 e. The van der Waals surface area contributed by atoms with Crippen LogP contribution in [0.1, 0.15) is 34.8 Å². The monoisotopic (exact) mass is 325 g/mol. The molecule has 0 aliphatic rings. The van der Waals surface area contributed by atoms with Crippen LogP contribution in [0.4, 0.5) is 0 Å². The first-order valence-corrected chi connectivity index (χ1v) is 6.55. The number of nitrogens with two attached hydrogens (primary N) is 1. The van der Waals surface area contributed by atoms with E-state index in [1.807, 2.05) is 32.0 Å². The van der Waals surface area contributed by atoms with E-state index < -0.39 is 36.3 Å². The van der Waals surface area contributed by atoms with Crippen molar-refractivity contribution >= 4 is 23.9 Å². The molecule has 0 bridgehead atoms. The number of carboxylic acid groups (broad SMARTS) is 2. The molecule has 0 aliphatic carbocycles. The Hall–Kier alpha value is -2.74. The van der Waals surface area contributed by atoms with Gasteiger partial charge in [-0.05, 0) is 25.0 Å². The van der Waals surface area contributed by atoms with Gasteiger partial charge in [-0.1, -0.05) is 18.2 Å². The normalized spacial score (nSPS) is 10.8. The summed E-state index contributed by atoms with van der Waals surface area (Å²) in [7, 11) is 0. The number of aryl methyl sites for hydroxylation is 2. The van der Waals surface area contributed by atoms with E-state index >= 15 is 0 Å². The highest BCUT2D eigenvalue weighted by molar-refractivity contribution is 5.98. The number of esters is 2. The molecule has 8 heteroatoms. The lowest BCUT2D eigenvalue weighted by Crippen LogP contribution is -2.32. The van der Waals surface area contributed by atoms with E-state index in [2.05, 4.69) is 4.74 Å². The van der Waals surface area contributed by atoms with E-state index in [9.17, 15) is 19.2 Å². The van der Waals surface area contributed by atoms with Crippen LogP contribution in [0.25, 0.3) is 0 Å². The summed E-state index contributed by atoms with van der Waals surface area (Å²) in [6.45, 7) is 4.83. The first kappa shape index (κ1) is 20.3. The smallest absolute Gasteiger partial charge is 0.346 e. The van der Waals surface area contributed by atoms with Gasteiger partial charge in [-0.25, -0.2) is 4.79 Å². The van der Waals surface area contributed by atoms with Crippen molar-refractivity contribution in [1.29, 1.82) is 0 Å². The topological polar surface area (TPSA) is 144 Å². The molecule has 0 saturated heterocycles. The van der Waals surface area contributed by atoms with Crippen LogP contribution < -0.4 is 5.73 Å². The van der Waals surface area contributed by atoms with Crippen molar-refractivity contribution in [3.05, 3.63) is 34.9 Å². The summed E-state index contributed by atoms with van der Waals surface area (Å²) in [4.78, 5) is 41.7. The molecule has 0 saturated carbocycles. The average molecular weight is 325 g/mol. The molecule has 0 radical (unpaired) electrons. The number of benzene rings is 1. The second-order valence-corrected chi connectivity index (χ2v) is 4.69. The van der Waals surface area contributed by atoms with Crippen LogP contribution in [-0.4, -0.2) is 40.1 Å². The fraction of sp³-hybridized carbons (Fsp3) is 0.333. The predicted octanol–water partition coefficient (Wildman–Crippen LogP) is 0.880. The van der Waals surface area contributed by atoms with Gasteiger partial charge in [0.1, 0.15) is 6.04 Å². The predicted molar refractivity (Wildman–Crippen MR) is 79.9 cm³/mol. The van der Waals surface area contributed by atoms with Crippen LogP contribution in [0.3, 0.4) is 0 Å². The van der Waals surface area contributed by atoms with Crippen LogP contribution in [0.15, 0.2) is 18.2 Å². The second-order valence-electron chi connectivity index (χ2n) is 4.69. The molecule has 1 atom stereocenters. The van der Waals surface area contributed by atoms with E-state index in [0.717, 1.165) is 11.1 Å². The Bertz CT molecular complexity index is 590. The zero-order valence-electron chi connectivity index (χ0n) is 13.0. The molecule has 0 unspecified atom stereocenters. The number of carbonyl (C=O) groups is 4. The Labute approximate surface area is 132 Å². The molecule has 4 N–H and O–H groups in total. The minimum absolute atomic E-state index is 0.475. The van der Waals surface area contributed by atoms with E-state index in [1.165, 1.54) is 6.92 Å². The first-order valence-electron chi connectivity index (χ1n) is 6.55. The van der Waals surface area contributed by atoms with Gasteiger partial charge in [0, 0.05) is 6.92 Å². The molecule has 1 aromatic rings. The van der Waals surface area contributed by atoms with Gasteiger partial charge in [-0.3, -0.25) is 14.4 Å². The lowest BCUT2D eigenvalue weighted by Gasteiger charge is -2.06. The van der Waals surface area contributed by atoms with Crippen molar-refractivity contribution < 1.29 is 34.1 Å². The summed E-state index contributed by atoms with van der Waals surface area (Å²) in [5, 5.41) is 16.0. The maximum absolute atomic E-state index is 11.5. The summed E-state index contributed by atoms with van der Waals surface area (Å²) in [5.41, 5.74) is 6.94. The number of carbonyl (C=O) groups excluding carboxylic acids is 2. The highest BCUT2D eigenvalue weighted by Gasteiger charge is 2.15. The first-order chi connectivity index (χ1) is 10.6. The molecule has 1 rings (SSSR count). The Kier molecular flexibility index (Phi) is 8.20. The third-order valence-corrected chi connectivity index (χ3v) is 2.63. The molecular formula is C15H19NO7. The minimum Gasteiger partial charge on any atom is -0.481 e. The van der Waals surface area contributed by atoms with Crippen LogP contribution in [0, 0.1) is 13.8 Å². The summed E-state index contributed by atoms with van der Waals surface area (Å²) in [6, 6.07) is 4.19. The number of hydrogen-bond acceptors (Lipinski definition) is 6. The van der Waals surface area contributed by atoms with Crippen molar-refractivity contribution in [3.63, 3.8) is 0 Å². The Morgan fingerprint density at radius 3 is 1.91 bits per heavy atom. The fourth-order valence-corrected chi connectivity index (χ4v) is 1.59. The third kappa shape index (κ3) is 7.72. The molecule has 0 aliphatic heterocycles. The van der Waals surface area contributed by atoms with E-state index in [1.54, 1.807) is 0 Å². The summed E-state index contributed by atoms with van der Waals surface area (Å²) >= 11 is 0. The number of ether oxygens (including phenoxy) is 1. The van der Waals surface area contributed by atoms with Crippen molar-refractivity contribution in [2.75, 3.05) is 0 Å². The Morgan fingerprint density at radius 2 is 1.61 bits per heavy atom. The molecule has 23 heavy (non-hydrogen) atoms. The third-order valence-electron chi connectivity index (χ3n) is 2.63. The number of rotatable bonds is 4. The number of aliphatic carboxylic acids is 2. The lowest BCUT2D eigenvalue weighted by molar-refractivity contribution is -0.144. The van der Waals surface area contributed by atoms with Crippen LogP contribution in [0.2, 0.25) is 0 Å². The van der Waals surface area contributed by atoms with Crippen LogP contribution in [-0.2, 0) is 19.1 Å². The van der Waals surface area contributed by atoms with Crippen molar-refractivity contribution in [2.45, 2.75) is 33.2 Å². The van der Waals surface area contributed by atoms with Gasteiger partial charge in [-0.15, -0.1) is 0 Å². The Morgan fingerprint density at radius 1 is 1.13 bits per heavy atom. The fourth-order valence-electron chi connectivity index (χ4n) is 1.59. The lowest BCUT2D eigenvalue weighted by atomic mass is 10.0. The van der Waals surface area contributed by atoms with E-state index in [0.29, 0.717) is 5.56 Å². The van der Waals surface area contributed by atoms with E-state index in [4.69, 9.17) is 15.9 Å².